The van der Waals surface area contributed by atoms with E-state index in [0.717, 1.165) is 24.5 Å². The summed E-state index contributed by atoms with van der Waals surface area (Å²) in [6, 6.07) is 7.26. The zero-order valence-electron chi connectivity index (χ0n) is 27.3. The summed E-state index contributed by atoms with van der Waals surface area (Å²) in [6.45, 7) is 7.56. The third-order valence-corrected chi connectivity index (χ3v) is 8.62. The molecule has 264 valence electrons. The lowest BCUT2D eigenvalue weighted by atomic mass is 10.2. The number of aromatic nitrogens is 3. The summed E-state index contributed by atoms with van der Waals surface area (Å²) in [6.07, 6.45) is 3.04. The van der Waals surface area contributed by atoms with Crippen molar-refractivity contribution in [3.05, 3.63) is 61.9 Å². The topological polar surface area (TPSA) is 191 Å². The Kier molecular flexibility index (Phi) is 14.3. The molecule has 4 rings (SSSR count). The monoisotopic (exact) mass is 718 g/mol. The Labute approximate surface area is 292 Å². The Morgan fingerprint density at radius 3 is 2.43 bits per heavy atom. The molecule has 1 amide bonds. The van der Waals surface area contributed by atoms with E-state index in [4.69, 9.17) is 21.1 Å². The van der Waals surface area contributed by atoms with Crippen LogP contribution in [0.25, 0.3) is 0 Å². The second kappa shape index (κ2) is 18.8. The number of piperazine rings is 1. The van der Waals surface area contributed by atoms with Crippen LogP contribution >= 0.6 is 22.9 Å². The van der Waals surface area contributed by atoms with Crippen molar-refractivity contribution in [2.45, 2.75) is 46.0 Å². The molecule has 1 aliphatic heterocycles. The molecule has 49 heavy (non-hydrogen) atoms. The van der Waals surface area contributed by atoms with Crippen molar-refractivity contribution in [1.29, 1.82) is 0 Å². The second-order valence-electron chi connectivity index (χ2n) is 11.1. The van der Waals surface area contributed by atoms with Gasteiger partial charge < -0.3 is 29.8 Å². The van der Waals surface area contributed by atoms with Crippen molar-refractivity contribution in [2.24, 2.45) is 0 Å². The van der Waals surface area contributed by atoms with Crippen molar-refractivity contribution in [1.82, 2.24) is 19.9 Å². The Morgan fingerprint density at radius 1 is 1.00 bits per heavy atom. The highest BCUT2D eigenvalue weighted by atomic mass is 35.5. The summed E-state index contributed by atoms with van der Waals surface area (Å²) in [5.41, 5.74) is 1.42. The van der Waals surface area contributed by atoms with Gasteiger partial charge in [0.15, 0.2) is 5.13 Å². The predicted octanol–water partition coefficient (Wildman–Crippen LogP) is 4.57. The van der Waals surface area contributed by atoms with Crippen LogP contribution in [0.15, 0.2) is 30.5 Å². The van der Waals surface area contributed by atoms with Crippen molar-refractivity contribution < 1.29 is 33.8 Å². The highest BCUT2D eigenvalue weighted by Gasteiger charge is 2.20. The van der Waals surface area contributed by atoms with E-state index in [-0.39, 0.29) is 38.6 Å². The predicted molar refractivity (Wildman–Crippen MR) is 183 cm³/mol. The first kappa shape index (κ1) is 37.2. The van der Waals surface area contributed by atoms with E-state index in [1.165, 1.54) is 17.5 Å². The lowest BCUT2D eigenvalue weighted by Gasteiger charge is -2.35. The van der Waals surface area contributed by atoms with Crippen molar-refractivity contribution >= 4 is 63.2 Å². The van der Waals surface area contributed by atoms with Gasteiger partial charge in [-0.15, -0.1) is 10.1 Å². The first-order valence-electron chi connectivity index (χ1n) is 15.8. The molecule has 1 saturated heterocycles. The van der Waals surface area contributed by atoms with Crippen LogP contribution in [0, 0.1) is 24.0 Å². The highest BCUT2D eigenvalue weighted by Crippen LogP contribution is 2.28. The fourth-order valence-corrected chi connectivity index (χ4v) is 5.82. The number of hydrogen-bond donors (Lipinski definition) is 2. The molecule has 0 saturated carbocycles. The van der Waals surface area contributed by atoms with Gasteiger partial charge in [0.2, 0.25) is 0 Å². The van der Waals surface area contributed by atoms with E-state index in [2.05, 4.69) is 40.2 Å². The Balaban J connectivity index is 1.14. The molecule has 1 aromatic carbocycles. The molecule has 16 nitrogen and oxygen atoms in total. The summed E-state index contributed by atoms with van der Waals surface area (Å²) in [4.78, 5) is 69.3. The highest BCUT2D eigenvalue weighted by molar-refractivity contribution is 7.17. The van der Waals surface area contributed by atoms with Gasteiger partial charge in [-0.3, -0.25) is 19.3 Å². The number of unbranched alkanes of at least 4 members (excludes halogenated alkanes) is 2. The zero-order valence-corrected chi connectivity index (χ0v) is 28.9. The fourth-order valence-electron chi connectivity index (χ4n) is 4.83. The van der Waals surface area contributed by atoms with E-state index in [1.54, 1.807) is 6.07 Å². The van der Waals surface area contributed by atoms with Crippen LogP contribution in [0.1, 0.15) is 53.2 Å². The van der Waals surface area contributed by atoms with Crippen LogP contribution in [-0.2, 0) is 23.9 Å². The molecular formula is C31H39ClN8O8S. The summed E-state index contributed by atoms with van der Waals surface area (Å²) in [5.74, 6) is 0.649. The SMILES string of the molecule is Cc1nc(Nc2ncc(C(=O)Nc3c(C)cccc3Cl)s2)cc(N2CCN(CCOC(=O)CCC(=O)OCCCCCO[N+](=O)[O-])CC2)n1. The lowest BCUT2D eigenvalue weighted by Crippen LogP contribution is -2.47. The number of aryl methyl sites for hydroxylation is 2. The summed E-state index contributed by atoms with van der Waals surface area (Å²) in [5, 5.41) is 16.3. The van der Waals surface area contributed by atoms with Crippen molar-refractivity contribution in [3.63, 3.8) is 0 Å². The number of thiazole rings is 1. The Morgan fingerprint density at radius 2 is 1.71 bits per heavy atom. The molecule has 0 bridgehead atoms. The van der Waals surface area contributed by atoms with Crippen LogP contribution in [0.2, 0.25) is 5.02 Å². The summed E-state index contributed by atoms with van der Waals surface area (Å²) < 4.78 is 10.4. The quantitative estimate of drug-likeness (QED) is 0.0805. The number of anilines is 4. The van der Waals surface area contributed by atoms with Gasteiger partial charge in [-0.25, -0.2) is 15.0 Å². The molecule has 0 atom stereocenters. The van der Waals surface area contributed by atoms with Gasteiger partial charge in [0.1, 0.15) is 28.9 Å². The number of esters is 2. The largest absolute Gasteiger partial charge is 0.466 e. The number of nitrogens with one attached hydrogen (secondary N) is 2. The van der Waals surface area contributed by atoms with Gasteiger partial charge in [0.25, 0.3) is 11.0 Å². The van der Waals surface area contributed by atoms with Crippen LogP contribution in [0.5, 0.6) is 0 Å². The first-order valence-corrected chi connectivity index (χ1v) is 17.0. The number of nitrogens with zero attached hydrogens (tertiary/aromatic N) is 6. The maximum absolute atomic E-state index is 12.8. The van der Waals surface area contributed by atoms with E-state index in [1.807, 2.05) is 32.0 Å². The fraction of sp³-hybridized carbons (Fsp3) is 0.484. The standard InChI is InChI=1S/C31H39ClN8O8S/c1-21-7-6-8-23(32)29(21)37-30(43)24-20-33-31(49-24)36-25-19-26(35-22(2)34-25)39-13-11-38(12-14-39)15-18-47-28(42)10-9-27(41)46-16-4-3-5-17-48-40(44)45/h6-8,19-20H,3-5,9-18H2,1-2H3,(H,37,43)(H,33,34,35,36). The number of rotatable bonds is 18. The molecule has 3 aromatic rings. The molecule has 0 aliphatic carbocycles. The molecule has 3 heterocycles. The second-order valence-corrected chi connectivity index (χ2v) is 12.5. The molecule has 18 heteroatoms. The number of carbonyl (C=O) groups excluding carboxylic acids is 3. The summed E-state index contributed by atoms with van der Waals surface area (Å²) in [7, 11) is 0. The lowest BCUT2D eigenvalue weighted by molar-refractivity contribution is -0.757. The van der Waals surface area contributed by atoms with E-state index in [0.29, 0.717) is 71.3 Å². The number of carbonyl (C=O) groups is 3. The Bertz CT molecular complexity index is 1580. The smallest absolute Gasteiger partial charge is 0.306 e. The number of para-hydroxylation sites is 1. The molecule has 1 aliphatic rings. The average molecular weight is 719 g/mol. The van der Waals surface area contributed by atoms with Crippen LogP contribution < -0.4 is 15.5 Å². The van der Waals surface area contributed by atoms with E-state index >= 15 is 0 Å². The molecule has 0 spiro atoms. The normalized spacial score (nSPS) is 13.1. The van der Waals surface area contributed by atoms with Gasteiger partial charge in [-0.2, -0.15) is 0 Å². The molecule has 1 fully saturated rings. The minimum absolute atomic E-state index is 0.00948. The molecular weight excluding hydrogens is 680 g/mol. The maximum atomic E-state index is 12.8. The van der Waals surface area contributed by atoms with Gasteiger partial charge in [-0.05, 0) is 44.7 Å². The van der Waals surface area contributed by atoms with E-state index < -0.39 is 17.0 Å². The number of ether oxygens (including phenoxy) is 2. The van der Waals surface area contributed by atoms with Gasteiger partial charge in [-0.1, -0.05) is 35.1 Å². The van der Waals surface area contributed by atoms with Crippen LogP contribution in [-0.4, -0.2) is 95.3 Å². The molecule has 0 radical (unpaired) electrons. The van der Waals surface area contributed by atoms with Crippen LogP contribution in [0.3, 0.4) is 0 Å². The maximum Gasteiger partial charge on any atom is 0.306 e. The average Bonchev–Trinajstić information content (AvgIpc) is 3.53. The van der Waals surface area contributed by atoms with Crippen molar-refractivity contribution in [3.8, 4) is 0 Å². The van der Waals surface area contributed by atoms with Crippen LogP contribution in [0.4, 0.5) is 22.5 Å². The number of halogens is 1. The van der Waals surface area contributed by atoms with Gasteiger partial charge >= 0.3 is 11.9 Å². The number of amides is 1. The minimum atomic E-state index is -0.840. The minimum Gasteiger partial charge on any atom is -0.466 e. The molecule has 2 aromatic heterocycles. The number of benzene rings is 1. The Hall–Kier alpha value is -4.61. The number of hydrogen-bond acceptors (Lipinski definition) is 15. The van der Waals surface area contributed by atoms with Gasteiger partial charge in [0.05, 0.1) is 43.0 Å². The zero-order chi connectivity index (χ0) is 35.2. The third-order valence-electron chi connectivity index (χ3n) is 7.40. The third kappa shape index (κ3) is 12.4. The molecule has 2 N–H and O–H groups in total. The van der Waals surface area contributed by atoms with Gasteiger partial charge in [0, 0.05) is 38.8 Å². The summed E-state index contributed by atoms with van der Waals surface area (Å²) >= 11 is 7.45. The first-order chi connectivity index (χ1) is 23.6. The molecule has 0 unspecified atom stereocenters. The van der Waals surface area contributed by atoms with Crippen molar-refractivity contribution in [2.75, 3.05) is 68.1 Å². The van der Waals surface area contributed by atoms with E-state index in [9.17, 15) is 24.5 Å².